The second-order valence-electron chi connectivity index (χ2n) is 12.1. The van der Waals surface area contributed by atoms with Gasteiger partial charge in [-0.05, 0) is 112 Å². The summed E-state index contributed by atoms with van der Waals surface area (Å²) in [7, 11) is 0. The maximum Gasteiger partial charge on any atom is 0.157 e. The van der Waals surface area contributed by atoms with Crippen LogP contribution in [0.2, 0.25) is 0 Å². The molecule has 5 fully saturated rings. The molecular formula is C28H38N2O2. The van der Waals surface area contributed by atoms with E-state index < -0.39 is 5.60 Å². The van der Waals surface area contributed by atoms with E-state index in [4.69, 9.17) is 0 Å². The third-order valence-corrected chi connectivity index (χ3v) is 10.4. The van der Waals surface area contributed by atoms with Gasteiger partial charge in [-0.3, -0.25) is 9.48 Å². The molecule has 1 aromatic rings. The third kappa shape index (κ3) is 3.56. The van der Waals surface area contributed by atoms with E-state index in [-0.39, 0.29) is 11.3 Å². The van der Waals surface area contributed by atoms with Crippen LogP contribution < -0.4 is 0 Å². The molecule has 6 rings (SSSR count). The van der Waals surface area contributed by atoms with Crippen molar-refractivity contribution in [2.45, 2.75) is 89.7 Å². The van der Waals surface area contributed by atoms with Crippen LogP contribution >= 0.6 is 0 Å². The zero-order valence-electron chi connectivity index (χ0n) is 19.5. The number of hydrogen-bond donors (Lipinski definition) is 1. The first kappa shape index (κ1) is 21.0. The van der Waals surface area contributed by atoms with Gasteiger partial charge in [0.15, 0.2) is 5.78 Å². The van der Waals surface area contributed by atoms with Crippen molar-refractivity contribution in [1.29, 1.82) is 0 Å². The Labute approximate surface area is 192 Å². The van der Waals surface area contributed by atoms with Crippen LogP contribution in [0, 0.1) is 58.7 Å². The standard InChI is InChI=1S/C28H38N2O2/c1-27-12-10-22-21-11-14-28(32,13-9-19-3-4-19)17-20(21)5-6-23(22)24(27)7-8-25(27)26(31)18-30-16-2-15-29-30/h2,15-16,19-25,32H,3-8,10-12,14,17-18H2,1H3/t20-,21+,22-,23-,24+,25-,27+,28-/m1/s1. The summed E-state index contributed by atoms with van der Waals surface area (Å²) >= 11 is 0. The van der Waals surface area contributed by atoms with E-state index in [0.29, 0.717) is 30.1 Å². The van der Waals surface area contributed by atoms with Crippen molar-refractivity contribution in [1.82, 2.24) is 9.78 Å². The van der Waals surface area contributed by atoms with Gasteiger partial charge in [-0.25, -0.2) is 0 Å². The lowest BCUT2D eigenvalue weighted by Gasteiger charge is -2.56. The van der Waals surface area contributed by atoms with Crippen LogP contribution in [0.15, 0.2) is 18.5 Å². The minimum absolute atomic E-state index is 0.170. The number of hydrogen-bond acceptors (Lipinski definition) is 3. The number of carbonyl (C=O) groups excluding carboxylic acids is 1. The molecule has 8 atom stereocenters. The normalized spacial score (nSPS) is 45.2. The Morgan fingerprint density at radius 2 is 1.91 bits per heavy atom. The number of ketones is 1. The molecule has 0 unspecified atom stereocenters. The van der Waals surface area contributed by atoms with Gasteiger partial charge >= 0.3 is 0 Å². The molecule has 0 radical (unpaired) electrons. The van der Waals surface area contributed by atoms with Crippen LogP contribution in [0.3, 0.4) is 0 Å². The lowest BCUT2D eigenvalue weighted by molar-refractivity contribution is -0.132. The second-order valence-corrected chi connectivity index (χ2v) is 12.1. The Bertz CT molecular complexity index is 925. The summed E-state index contributed by atoms with van der Waals surface area (Å²) in [6.07, 6.45) is 16.3. The number of rotatable bonds is 3. The average molecular weight is 435 g/mol. The molecule has 0 bridgehead atoms. The number of aromatic nitrogens is 2. The Hall–Kier alpha value is -1.60. The van der Waals surface area contributed by atoms with E-state index in [1.807, 2.05) is 12.3 Å². The minimum Gasteiger partial charge on any atom is -0.378 e. The van der Waals surface area contributed by atoms with Gasteiger partial charge in [0.05, 0.1) is 6.54 Å². The molecule has 5 saturated carbocycles. The third-order valence-electron chi connectivity index (χ3n) is 10.4. The maximum atomic E-state index is 13.2. The summed E-state index contributed by atoms with van der Waals surface area (Å²) in [5.41, 5.74) is -0.555. The second kappa shape index (κ2) is 7.73. The lowest BCUT2D eigenvalue weighted by atomic mass is 9.49. The highest BCUT2D eigenvalue weighted by atomic mass is 16.3. The highest BCUT2D eigenvalue weighted by Crippen LogP contribution is 2.64. The van der Waals surface area contributed by atoms with E-state index in [1.165, 1.54) is 44.9 Å². The predicted molar refractivity (Wildman–Crippen MR) is 123 cm³/mol. The summed E-state index contributed by atoms with van der Waals surface area (Å²) in [6.45, 7) is 2.87. The van der Waals surface area contributed by atoms with Crippen LogP contribution in [-0.4, -0.2) is 26.3 Å². The Kier molecular flexibility index (Phi) is 5.06. The Balaban J connectivity index is 1.15. The molecule has 32 heavy (non-hydrogen) atoms. The molecular weight excluding hydrogens is 396 g/mol. The Morgan fingerprint density at radius 3 is 2.69 bits per heavy atom. The van der Waals surface area contributed by atoms with Crippen molar-refractivity contribution in [3.63, 3.8) is 0 Å². The fourth-order valence-electron chi connectivity index (χ4n) is 8.65. The number of Topliss-reactive ketones (excluding diaryl/α,β-unsaturated/α-hetero) is 1. The van der Waals surface area contributed by atoms with E-state index in [9.17, 15) is 9.90 Å². The van der Waals surface area contributed by atoms with Crippen LogP contribution in [0.1, 0.15) is 77.6 Å². The minimum atomic E-state index is -0.725. The van der Waals surface area contributed by atoms with E-state index in [1.54, 1.807) is 10.9 Å². The number of aliphatic hydroxyl groups is 1. The van der Waals surface area contributed by atoms with Gasteiger partial charge in [0, 0.05) is 24.2 Å². The van der Waals surface area contributed by atoms with Crippen molar-refractivity contribution in [3.05, 3.63) is 18.5 Å². The lowest BCUT2D eigenvalue weighted by Crippen LogP contribution is -2.51. The van der Waals surface area contributed by atoms with Gasteiger partial charge in [-0.2, -0.15) is 5.10 Å². The van der Waals surface area contributed by atoms with Gasteiger partial charge in [-0.15, -0.1) is 0 Å². The molecule has 172 valence electrons. The van der Waals surface area contributed by atoms with Crippen LogP contribution in [0.4, 0.5) is 0 Å². The van der Waals surface area contributed by atoms with E-state index in [2.05, 4.69) is 23.9 Å². The molecule has 0 saturated heterocycles. The quantitative estimate of drug-likeness (QED) is 0.691. The predicted octanol–water partition coefficient (Wildman–Crippen LogP) is 4.87. The molecule has 4 nitrogen and oxygen atoms in total. The van der Waals surface area contributed by atoms with Crippen molar-refractivity contribution >= 4 is 5.78 Å². The highest BCUT2D eigenvalue weighted by molar-refractivity contribution is 5.82. The summed E-state index contributed by atoms with van der Waals surface area (Å²) in [6, 6.07) is 1.90. The SMILES string of the molecule is C[C@]12CC[C@H]3[C@@H](CC[C@@H]4C[C@@](O)(C#CC5CC5)CC[C@@H]43)[C@@H]1CC[C@@H]2C(=O)Cn1cccn1. The monoisotopic (exact) mass is 434 g/mol. The van der Waals surface area contributed by atoms with E-state index in [0.717, 1.165) is 43.4 Å². The largest absolute Gasteiger partial charge is 0.378 e. The molecule has 5 aliphatic rings. The summed E-state index contributed by atoms with van der Waals surface area (Å²) in [4.78, 5) is 13.2. The average Bonchev–Trinajstić information content (AvgIpc) is 3.34. The topological polar surface area (TPSA) is 55.1 Å². The molecule has 4 heteroatoms. The van der Waals surface area contributed by atoms with Gasteiger partial charge in [-0.1, -0.05) is 18.8 Å². The number of carbonyl (C=O) groups is 1. The van der Waals surface area contributed by atoms with E-state index >= 15 is 0 Å². The number of fused-ring (bicyclic) bond motifs is 5. The van der Waals surface area contributed by atoms with Crippen LogP contribution in [0.5, 0.6) is 0 Å². The van der Waals surface area contributed by atoms with Gasteiger partial charge in [0.1, 0.15) is 5.60 Å². The molecule has 0 amide bonds. The zero-order valence-corrected chi connectivity index (χ0v) is 19.5. The van der Waals surface area contributed by atoms with Crippen molar-refractivity contribution in [3.8, 4) is 11.8 Å². The Morgan fingerprint density at radius 1 is 1.06 bits per heavy atom. The summed E-state index contributed by atoms with van der Waals surface area (Å²) in [5.74, 6) is 11.5. The molecule has 0 aromatic carbocycles. The first-order valence-electron chi connectivity index (χ1n) is 13.2. The fraction of sp³-hybridized carbons (Fsp3) is 0.786. The summed E-state index contributed by atoms with van der Waals surface area (Å²) < 4.78 is 1.80. The molecule has 1 aromatic heterocycles. The fourth-order valence-corrected chi connectivity index (χ4v) is 8.65. The molecule has 0 aliphatic heterocycles. The zero-order chi connectivity index (χ0) is 21.9. The van der Waals surface area contributed by atoms with Gasteiger partial charge in [0.2, 0.25) is 0 Å². The smallest absolute Gasteiger partial charge is 0.157 e. The van der Waals surface area contributed by atoms with Crippen molar-refractivity contribution < 1.29 is 9.90 Å². The van der Waals surface area contributed by atoms with Crippen LogP contribution in [-0.2, 0) is 11.3 Å². The first-order valence-corrected chi connectivity index (χ1v) is 13.2. The molecule has 1 N–H and O–H groups in total. The molecule has 1 heterocycles. The van der Waals surface area contributed by atoms with Crippen LogP contribution in [0.25, 0.3) is 0 Å². The van der Waals surface area contributed by atoms with Gasteiger partial charge in [0.25, 0.3) is 0 Å². The summed E-state index contributed by atoms with van der Waals surface area (Å²) in [5, 5.41) is 15.4. The maximum absolute atomic E-state index is 13.2. The number of nitrogens with zero attached hydrogens (tertiary/aromatic N) is 2. The molecule has 5 aliphatic carbocycles. The molecule has 0 spiro atoms. The van der Waals surface area contributed by atoms with Gasteiger partial charge < -0.3 is 5.11 Å². The van der Waals surface area contributed by atoms with Crippen molar-refractivity contribution in [2.24, 2.45) is 46.8 Å². The highest BCUT2D eigenvalue weighted by Gasteiger charge is 2.58. The van der Waals surface area contributed by atoms with Crippen molar-refractivity contribution in [2.75, 3.05) is 0 Å². The first-order chi connectivity index (χ1) is 15.5.